The summed E-state index contributed by atoms with van der Waals surface area (Å²) >= 11 is 0. The Morgan fingerprint density at radius 3 is 1.54 bits per heavy atom. The molecule has 24 heavy (non-hydrogen) atoms. The quantitative estimate of drug-likeness (QED) is 0.604. The lowest BCUT2D eigenvalue weighted by Gasteiger charge is -2.03. The summed E-state index contributed by atoms with van der Waals surface area (Å²) in [6, 6.07) is 10.0. The Kier molecular flexibility index (Phi) is 6.19. The van der Waals surface area contributed by atoms with Gasteiger partial charge in [0.1, 0.15) is 23.0 Å². The molecule has 0 unspecified atom stereocenters. The number of hydrogen-bond acceptors (Lipinski definition) is 6. The smallest absolute Gasteiger partial charge is 0.128 e. The van der Waals surface area contributed by atoms with Crippen LogP contribution in [0.5, 0.6) is 23.0 Å². The highest BCUT2D eigenvalue weighted by Crippen LogP contribution is 2.22. The van der Waals surface area contributed by atoms with Gasteiger partial charge >= 0.3 is 0 Å². The van der Waals surface area contributed by atoms with Crippen LogP contribution in [0.4, 0.5) is 0 Å². The molecule has 0 aliphatic carbocycles. The summed E-state index contributed by atoms with van der Waals surface area (Å²) in [6.45, 7) is 0.942. The summed E-state index contributed by atoms with van der Waals surface area (Å²) in [4.78, 5) is 8.43. The maximum Gasteiger partial charge on any atom is 0.128 e. The normalized spacial score (nSPS) is 11.2. The van der Waals surface area contributed by atoms with Gasteiger partial charge in [0.2, 0.25) is 0 Å². The molecule has 0 aliphatic heterocycles. The van der Waals surface area contributed by atoms with Crippen LogP contribution in [0.15, 0.2) is 46.4 Å². The SMILES string of the molecule is COc1ccc(/C=N/CC/N=C/c2ccc(OC)cc2O)c(O)c1. The van der Waals surface area contributed by atoms with Gasteiger partial charge < -0.3 is 19.7 Å². The Labute approximate surface area is 140 Å². The van der Waals surface area contributed by atoms with Crippen LogP contribution in [0.1, 0.15) is 11.1 Å². The third-order valence-electron chi connectivity index (χ3n) is 3.29. The van der Waals surface area contributed by atoms with E-state index in [9.17, 15) is 10.2 Å². The van der Waals surface area contributed by atoms with Crippen molar-refractivity contribution >= 4 is 12.4 Å². The second kappa shape index (κ2) is 8.57. The summed E-state index contributed by atoms with van der Waals surface area (Å²) < 4.78 is 10.0. The van der Waals surface area contributed by atoms with Gasteiger partial charge in [0.15, 0.2) is 0 Å². The molecule has 2 rings (SSSR count). The van der Waals surface area contributed by atoms with E-state index in [0.717, 1.165) is 0 Å². The van der Waals surface area contributed by atoms with Gasteiger partial charge in [-0.1, -0.05) is 0 Å². The van der Waals surface area contributed by atoms with E-state index >= 15 is 0 Å². The standard InChI is InChI=1S/C18H20N2O4/c1-23-15-5-3-13(17(21)9-15)11-19-7-8-20-12-14-4-6-16(24-2)10-18(14)22/h3-6,9-12,21-22H,7-8H2,1-2H3/b19-11+,20-12+. The average molecular weight is 328 g/mol. The molecule has 0 aromatic heterocycles. The molecule has 0 radical (unpaired) electrons. The molecular weight excluding hydrogens is 308 g/mol. The first-order valence-electron chi connectivity index (χ1n) is 7.37. The number of nitrogens with zero attached hydrogens (tertiary/aromatic N) is 2. The molecule has 0 atom stereocenters. The number of methoxy groups -OCH3 is 2. The molecule has 2 aromatic carbocycles. The van der Waals surface area contributed by atoms with Crippen molar-refractivity contribution < 1.29 is 19.7 Å². The van der Waals surface area contributed by atoms with Crippen molar-refractivity contribution in [1.29, 1.82) is 0 Å². The van der Waals surface area contributed by atoms with Crippen LogP contribution in [0.3, 0.4) is 0 Å². The first-order chi connectivity index (χ1) is 11.6. The van der Waals surface area contributed by atoms with Gasteiger partial charge in [-0.05, 0) is 24.3 Å². The Morgan fingerprint density at radius 2 is 1.21 bits per heavy atom. The van der Waals surface area contributed by atoms with Crippen LogP contribution in [-0.4, -0.2) is 50.0 Å². The fraction of sp³-hybridized carbons (Fsp3) is 0.222. The fourth-order valence-corrected chi connectivity index (χ4v) is 1.96. The Morgan fingerprint density at radius 1 is 0.792 bits per heavy atom. The van der Waals surface area contributed by atoms with Crippen molar-refractivity contribution in [2.24, 2.45) is 9.98 Å². The van der Waals surface area contributed by atoms with Crippen molar-refractivity contribution in [2.75, 3.05) is 27.3 Å². The molecule has 126 valence electrons. The highest BCUT2D eigenvalue weighted by atomic mass is 16.5. The Hall–Kier alpha value is -3.02. The lowest BCUT2D eigenvalue weighted by Crippen LogP contribution is -1.92. The summed E-state index contributed by atoms with van der Waals surface area (Å²) in [5, 5.41) is 19.6. The first kappa shape index (κ1) is 17.3. The van der Waals surface area contributed by atoms with Gasteiger partial charge in [-0.3, -0.25) is 9.98 Å². The molecule has 0 saturated heterocycles. The van der Waals surface area contributed by atoms with E-state index in [1.54, 1.807) is 50.9 Å². The summed E-state index contributed by atoms with van der Waals surface area (Å²) in [5.74, 6) is 1.41. The second-order valence-electron chi connectivity index (χ2n) is 4.92. The number of ether oxygens (including phenoxy) is 2. The Balaban J connectivity index is 1.86. The predicted octanol–water partition coefficient (Wildman–Crippen LogP) is 2.65. The number of rotatable bonds is 7. The van der Waals surface area contributed by atoms with Crippen LogP contribution < -0.4 is 9.47 Å². The zero-order valence-corrected chi connectivity index (χ0v) is 13.6. The summed E-state index contributed by atoms with van der Waals surface area (Å²) in [6.07, 6.45) is 3.18. The van der Waals surface area contributed by atoms with Gasteiger partial charge in [0.25, 0.3) is 0 Å². The minimum absolute atomic E-state index is 0.116. The van der Waals surface area contributed by atoms with Crippen LogP contribution >= 0.6 is 0 Å². The van der Waals surface area contributed by atoms with Crippen LogP contribution in [-0.2, 0) is 0 Å². The number of benzene rings is 2. The van der Waals surface area contributed by atoms with Crippen molar-refractivity contribution in [1.82, 2.24) is 0 Å². The van der Waals surface area contributed by atoms with Crippen molar-refractivity contribution in [2.45, 2.75) is 0 Å². The number of aliphatic imine (C=N–C) groups is 2. The van der Waals surface area contributed by atoms with E-state index in [1.807, 2.05) is 0 Å². The van der Waals surface area contributed by atoms with E-state index in [1.165, 1.54) is 12.1 Å². The predicted molar refractivity (Wildman–Crippen MR) is 94.2 cm³/mol. The highest BCUT2D eigenvalue weighted by molar-refractivity contribution is 5.84. The van der Waals surface area contributed by atoms with Crippen molar-refractivity contribution in [3.05, 3.63) is 47.5 Å². The summed E-state index contributed by atoms with van der Waals surface area (Å²) in [5.41, 5.74) is 1.24. The van der Waals surface area contributed by atoms with E-state index in [0.29, 0.717) is 35.7 Å². The molecular formula is C18H20N2O4. The molecule has 6 nitrogen and oxygen atoms in total. The monoisotopic (exact) mass is 328 g/mol. The molecule has 0 fully saturated rings. The maximum atomic E-state index is 9.81. The zero-order valence-electron chi connectivity index (χ0n) is 13.6. The molecule has 0 heterocycles. The fourth-order valence-electron chi connectivity index (χ4n) is 1.96. The minimum atomic E-state index is 0.116. The van der Waals surface area contributed by atoms with E-state index in [4.69, 9.17) is 9.47 Å². The number of aromatic hydroxyl groups is 2. The third-order valence-corrected chi connectivity index (χ3v) is 3.29. The Bertz CT molecular complexity index is 678. The van der Waals surface area contributed by atoms with E-state index < -0.39 is 0 Å². The maximum absolute atomic E-state index is 9.81. The molecule has 0 bridgehead atoms. The number of phenols is 2. The lowest BCUT2D eigenvalue weighted by atomic mass is 10.2. The topological polar surface area (TPSA) is 83.6 Å². The van der Waals surface area contributed by atoms with Gasteiger partial charge in [-0.25, -0.2) is 0 Å². The van der Waals surface area contributed by atoms with Crippen LogP contribution in [0.2, 0.25) is 0 Å². The average Bonchev–Trinajstić information content (AvgIpc) is 2.60. The molecule has 0 spiro atoms. The van der Waals surface area contributed by atoms with Crippen LogP contribution in [0, 0.1) is 0 Å². The van der Waals surface area contributed by atoms with Gasteiger partial charge in [-0.2, -0.15) is 0 Å². The van der Waals surface area contributed by atoms with Gasteiger partial charge in [-0.15, -0.1) is 0 Å². The lowest BCUT2D eigenvalue weighted by molar-refractivity contribution is 0.407. The van der Waals surface area contributed by atoms with Gasteiger partial charge in [0, 0.05) is 35.7 Å². The molecule has 0 saturated carbocycles. The van der Waals surface area contributed by atoms with Crippen molar-refractivity contribution in [3.63, 3.8) is 0 Å². The molecule has 0 amide bonds. The second-order valence-corrected chi connectivity index (χ2v) is 4.92. The number of phenolic OH excluding ortho intramolecular Hbond substituents is 2. The van der Waals surface area contributed by atoms with Crippen molar-refractivity contribution in [3.8, 4) is 23.0 Å². The number of hydrogen-bond donors (Lipinski definition) is 2. The first-order valence-corrected chi connectivity index (χ1v) is 7.37. The third kappa shape index (κ3) is 4.74. The van der Waals surface area contributed by atoms with E-state index in [2.05, 4.69) is 9.98 Å². The zero-order chi connectivity index (χ0) is 17.4. The summed E-state index contributed by atoms with van der Waals surface area (Å²) in [7, 11) is 3.09. The molecule has 0 aliphatic rings. The molecule has 2 N–H and O–H groups in total. The molecule has 2 aromatic rings. The van der Waals surface area contributed by atoms with Crippen LogP contribution in [0.25, 0.3) is 0 Å². The van der Waals surface area contributed by atoms with E-state index in [-0.39, 0.29) is 11.5 Å². The molecule has 6 heteroatoms. The van der Waals surface area contributed by atoms with Gasteiger partial charge in [0.05, 0.1) is 27.3 Å². The minimum Gasteiger partial charge on any atom is -0.507 e. The highest BCUT2D eigenvalue weighted by Gasteiger charge is 2.01. The largest absolute Gasteiger partial charge is 0.507 e.